The Balaban J connectivity index is 1.68. The van der Waals surface area contributed by atoms with Gasteiger partial charge in [-0.1, -0.05) is 12.1 Å². The SMILES string of the molecule is Cc1cccc2[nH]cc(CC(=O)NCC3(C(=O)O)CCOCC3)c12. The smallest absolute Gasteiger partial charge is 0.311 e. The molecule has 1 fully saturated rings. The molecule has 1 aromatic carbocycles. The molecule has 24 heavy (non-hydrogen) atoms. The van der Waals surface area contributed by atoms with Crippen LogP contribution < -0.4 is 5.32 Å². The summed E-state index contributed by atoms with van der Waals surface area (Å²) in [5.41, 5.74) is 2.13. The van der Waals surface area contributed by atoms with E-state index in [1.807, 2.05) is 31.3 Å². The number of nitrogens with one attached hydrogen (secondary N) is 2. The minimum atomic E-state index is -0.913. The van der Waals surface area contributed by atoms with Gasteiger partial charge in [-0.25, -0.2) is 0 Å². The van der Waals surface area contributed by atoms with Gasteiger partial charge in [0, 0.05) is 36.9 Å². The number of carboxylic acid groups (broad SMARTS) is 1. The topological polar surface area (TPSA) is 91.4 Å². The average Bonchev–Trinajstić information content (AvgIpc) is 2.98. The number of carbonyl (C=O) groups is 2. The fraction of sp³-hybridized carbons (Fsp3) is 0.444. The lowest BCUT2D eigenvalue weighted by Gasteiger charge is -2.33. The first-order valence-electron chi connectivity index (χ1n) is 8.15. The van der Waals surface area contributed by atoms with Gasteiger partial charge in [-0.05, 0) is 37.0 Å². The average molecular weight is 330 g/mol. The second-order valence-electron chi connectivity index (χ2n) is 6.46. The number of carbonyl (C=O) groups excluding carboxylic acids is 1. The summed E-state index contributed by atoms with van der Waals surface area (Å²) in [4.78, 5) is 27.1. The molecular formula is C18H22N2O4. The van der Waals surface area contributed by atoms with Crippen LogP contribution in [-0.4, -0.2) is 41.7 Å². The van der Waals surface area contributed by atoms with Gasteiger partial charge in [-0.2, -0.15) is 0 Å². The zero-order valence-electron chi connectivity index (χ0n) is 13.7. The molecule has 1 aliphatic rings. The zero-order chi connectivity index (χ0) is 17.2. The van der Waals surface area contributed by atoms with Crippen molar-refractivity contribution in [2.24, 2.45) is 5.41 Å². The van der Waals surface area contributed by atoms with Crippen molar-refractivity contribution in [2.45, 2.75) is 26.2 Å². The Hall–Kier alpha value is -2.34. The third-order valence-corrected chi connectivity index (χ3v) is 4.87. The van der Waals surface area contributed by atoms with Gasteiger partial charge >= 0.3 is 5.97 Å². The number of hydrogen-bond donors (Lipinski definition) is 3. The number of fused-ring (bicyclic) bond motifs is 1. The molecule has 128 valence electrons. The Morgan fingerprint density at radius 2 is 2.08 bits per heavy atom. The Kier molecular flexibility index (Phi) is 4.57. The lowest BCUT2D eigenvalue weighted by atomic mass is 9.80. The fourth-order valence-corrected chi connectivity index (χ4v) is 3.32. The number of H-pyrrole nitrogens is 1. The van der Waals surface area contributed by atoms with Gasteiger partial charge in [0.1, 0.15) is 0 Å². The Labute approximate surface area is 140 Å². The van der Waals surface area contributed by atoms with Crippen LogP contribution in [0.3, 0.4) is 0 Å². The molecule has 0 saturated carbocycles. The molecule has 6 heteroatoms. The number of ether oxygens (including phenoxy) is 1. The molecule has 0 atom stereocenters. The summed E-state index contributed by atoms with van der Waals surface area (Å²) in [7, 11) is 0. The van der Waals surface area contributed by atoms with Crippen LogP contribution in [0.5, 0.6) is 0 Å². The maximum atomic E-state index is 12.3. The van der Waals surface area contributed by atoms with E-state index in [9.17, 15) is 14.7 Å². The predicted molar refractivity (Wildman–Crippen MR) is 89.9 cm³/mol. The van der Waals surface area contributed by atoms with E-state index in [2.05, 4.69) is 10.3 Å². The van der Waals surface area contributed by atoms with Crippen molar-refractivity contribution in [3.8, 4) is 0 Å². The third kappa shape index (κ3) is 3.14. The van der Waals surface area contributed by atoms with Crippen LogP contribution in [0.1, 0.15) is 24.0 Å². The number of aromatic nitrogens is 1. The van der Waals surface area contributed by atoms with Gasteiger partial charge < -0.3 is 20.1 Å². The first kappa shape index (κ1) is 16.5. The highest BCUT2D eigenvalue weighted by Gasteiger charge is 2.40. The molecule has 1 amide bonds. The highest BCUT2D eigenvalue weighted by Crippen LogP contribution is 2.30. The van der Waals surface area contributed by atoms with Crippen molar-refractivity contribution in [3.05, 3.63) is 35.5 Å². The van der Waals surface area contributed by atoms with Gasteiger partial charge in [-0.3, -0.25) is 9.59 Å². The van der Waals surface area contributed by atoms with Crippen LogP contribution in [0.25, 0.3) is 10.9 Å². The van der Waals surface area contributed by atoms with Crippen molar-refractivity contribution in [1.82, 2.24) is 10.3 Å². The molecule has 0 aliphatic carbocycles. The lowest BCUT2D eigenvalue weighted by molar-refractivity contribution is -0.154. The zero-order valence-corrected chi connectivity index (χ0v) is 13.7. The summed E-state index contributed by atoms with van der Waals surface area (Å²) in [6, 6.07) is 5.96. The molecule has 1 aliphatic heterocycles. The highest BCUT2D eigenvalue weighted by molar-refractivity contribution is 5.91. The maximum absolute atomic E-state index is 12.3. The summed E-state index contributed by atoms with van der Waals surface area (Å²) in [6.45, 7) is 3.00. The van der Waals surface area contributed by atoms with Crippen molar-refractivity contribution in [2.75, 3.05) is 19.8 Å². The molecule has 0 bridgehead atoms. The molecule has 3 N–H and O–H groups in total. The number of benzene rings is 1. The molecule has 6 nitrogen and oxygen atoms in total. The van der Waals surface area contributed by atoms with Gasteiger partial charge in [0.15, 0.2) is 0 Å². The summed E-state index contributed by atoms with van der Waals surface area (Å²) < 4.78 is 5.25. The van der Waals surface area contributed by atoms with E-state index in [0.29, 0.717) is 26.1 Å². The standard InChI is InChI=1S/C18H22N2O4/c1-12-3-2-4-14-16(12)13(10-19-14)9-15(21)20-11-18(17(22)23)5-7-24-8-6-18/h2-4,10,19H,5-9,11H2,1H3,(H,20,21)(H,22,23). The lowest BCUT2D eigenvalue weighted by Crippen LogP contribution is -2.46. The number of amides is 1. The van der Waals surface area contributed by atoms with E-state index >= 15 is 0 Å². The number of carboxylic acids is 1. The van der Waals surface area contributed by atoms with Crippen LogP contribution in [0.4, 0.5) is 0 Å². The maximum Gasteiger partial charge on any atom is 0.311 e. The second-order valence-corrected chi connectivity index (χ2v) is 6.46. The van der Waals surface area contributed by atoms with E-state index in [4.69, 9.17) is 4.74 Å². The number of rotatable bonds is 5. The van der Waals surface area contributed by atoms with Crippen LogP contribution in [0.15, 0.2) is 24.4 Å². The van der Waals surface area contributed by atoms with Crippen LogP contribution in [-0.2, 0) is 20.7 Å². The third-order valence-electron chi connectivity index (χ3n) is 4.87. The van der Waals surface area contributed by atoms with Crippen molar-refractivity contribution in [1.29, 1.82) is 0 Å². The Morgan fingerprint density at radius 1 is 1.33 bits per heavy atom. The van der Waals surface area contributed by atoms with E-state index in [0.717, 1.165) is 22.0 Å². The quantitative estimate of drug-likeness (QED) is 0.782. The predicted octanol–water partition coefficient (Wildman–Crippen LogP) is 2.02. The molecule has 2 aromatic rings. The summed E-state index contributed by atoms with van der Waals surface area (Å²) in [5.74, 6) is -1.03. The molecule has 0 radical (unpaired) electrons. The first-order chi connectivity index (χ1) is 11.5. The summed E-state index contributed by atoms with van der Waals surface area (Å²) >= 11 is 0. The molecule has 3 rings (SSSR count). The number of aliphatic carboxylic acids is 1. The van der Waals surface area contributed by atoms with Gasteiger partial charge in [-0.15, -0.1) is 0 Å². The summed E-state index contributed by atoms with van der Waals surface area (Å²) in [6.07, 6.45) is 2.93. The van der Waals surface area contributed by atoms with E-state index in [-0.39, 0.29) is 18.9 Å². The largest absolute Gasteiger partial charge is 0.481 e. The van der Waals surface area contributed by atoms with Crippen LogP contribution in [0, 0.1) is 12.3 Å². The highest BCUT2D eigenvalue weighted by atomic mass is 16.5. The van der Waals surface area contributed by atoms with Gasteiger partial charge in [0.05, 0.1) is 11.8 Å². The van der Waals surface area contributed by atoms with Crippen LogP contribution >= 0.6 is 0 Å². The van der Waals surface area contributed by atoms with Gasteiger partial charge in [0.25, 0.3) is 0 Å². The number of aromatic amines is 1. The van der Waals surface area contributed by atoms with E-state index < -0.39 is 11.4 Å². The molecule has 0 unspecified atom stereocenters. The van der Waals surface area contributed by atoms with Crippen molar-refractivity contribution >= 4 is 22.8 Å². The normalized spacial score (nSPS) is 16.9. The number of hydrogen-bond acceptors (Lipinski definition) is 3. The van der Waals surface area contributed by atoms with E-state index in [1.165, 1.54) is 0 Å². The number of aryl methyl sites for hydroxylation is 1. The monoisotopic (exact) mass is 330 g/mol. The Morgan fingerprint density at radius 3 is 2.79 bits per heavy atom. The van der Waals surface area contributed by atoms with E-state index in [1.54, 1.807) is 0 Å². The first-order valence-corrected chi connectivity index (χ1v) is 8.15. The fourth-order valence-electron chi connectivity index (χ4n) is 3.32. The second kappa shape index (κ2) is 6.65. The molecule has 2 heterocycles. The van der Waals surface area contributed by atoms with Gasteiger partial charge in [0.2, 0.25) is 5.91 Å². The Bertz CT molecular complexity index is 759. The summed E-state index contributed by atoms with van der Waals surface area (Å²) in [5, 5.41) is 13.4. The van der Waals surface area contributed by atoms with Crippen molar-refractivity contribution in [3.63, 3.8) is 0 Å². The molecule has 1 aromatic heterocycles. The minimum absolute atomic E-state index is 0.145. The molecule has 1 saturated heterocycles. The molecular weight excluding hydrogens is 308 g/mol. The minimum Gasteiger partial charge on any atom is -0.481 e. The van der Waals surface area contributed by atoms with Crippen molar-refractivity contribution < 1.29 is 19.4 Å². The van der Waals surface area contributed by atoms with Crippen LogP contribution in [0.2, 0.25) is 0 Å². The molecule has 0 spiro atoms.